The number of halogens is 2. The second kappa shape index (κ2) is 5.97. The van der Waals surface area contributed by atoms with Crippen molar-refractivity contribution in [3.05, 3.63) is 65.5 Å². The molecule has 110 valence electrons. The summed E-state index contributed by atoms with van der Waals surface area (Å²) >= 11 is 0. The average Bonchev–Trinajstić information content (AvgIpc) is 2.44. The fourth-order valence-electron chi connectivity index (χ4n) is 2.26. The highest BCUT2D eigenvalue weighted by Crippen LogP contribution is 2.29. The van der Waals surface area contributed by atoms with E-state index < -0.39 is 23.0 Å². The van der Waals surface area contributed by atoms with Crippen LogP contribution in [0.2, 0.25) is 0 Å². The minimum absolute atomic E-state index is 0.00106. The predicted octanol–water partition coefficient (Wildman–Crippen LogP) is 1.88. The molecule has 0 saturated carbocycles. The quantitative estimate of drug-likeness (QED) is 0.882. The number of hydrogen-bond donors (Lipinski definition) is 2. The van der Waals surface area contributed by atoms with E-state index in [2.05, 4.69) is 4.98 Å². The van der Waals surface area contributed by atoms with Gasteiger partial charge in [0, 0.05) is 25.0 Å². The Hall–Kier alpha value is -2.34. The van der Waals surface area contributed by atoms with E-state index in [4.69, 9.17) is 5.73 Å². The Morgan fingerprint density at radius 2 is 1.95 bits per heavy atom. The maximum absolute atomic E-state index is 13.4. The highest BCUT2D eigenvalue weighted by Gasteiger charge is 2.40. The summed E-state index contributed by atoms with van der Waals surface area (Å²) in [4.78, 5) is 15.6. The molecule has 6 heteroatoms. The molecule has 0 bridgehead atoms. The van der Waals surface area contributed by atoms with Crippen molar-refractivity contribution < 1.29 is 18.7 Å². The molecular formula is C15H14F2N2O2. The molecule has 0 aliphatic carbocycles. The number of carboxylic acids is 1. The van der Waals surface area contributed by atoms with Crippen molar-refractivity contribution in [2.45, 2.75) is 11.8 Å². The molecule has 1 unspecified atom stereocenters. The van der Waals surface area contributed by atoms with Crippen molar-refractivity contribution in [2.24, 2.45) is 5.73 Å². The first-order valence-corrected chi connectivity index (χ1v) is 6.27. The maximum Gasteiger partial charge on any atom is 0.315 e. The van der Waals surface area contributed by atoms with E-state index in [1.54, 1.807) is 18.3 Å². The fourth-order valence-corrected chi connectivity index (χ4v) is 2.26. The Bertz CT molecular complexity index is 629. The van der Waals surface area contributed by atoms with Crippen LogP contribution < -0.4 is 5.73 Å². The number of rotatable bonds is 5. The van der Waals surface area contributed by atoms with Crippen molar-refractivity contribution in [1.29, 1.82) is 0 Å². The summed E-state index contributed by atoms with van der Waals surface area (Å²) in [7, 11) is 0. The van der Waals surface area contributed by atoms with Crippen molar-refractivity contribution in [1.82, 2.24) is 4.98 Å². The first-order valence-electron chi connectivity index (χ1n) is 6.27. The standard InChI is InChI=1S/C15H14F2N2O2/c16-12-4-11(5-13(17)6-12)15(9-18,14(20)21)7-10-2-1-3-19-8-10/h1-6,8H,7,9,18H2,(H,20,21). The molecule has 21 heavy (non-hydrogen) atoms. The summed E-state index contributed by atoms with van der Waals surface area (Å²) < 4.78 is 26.8. The number of aliphatic carboxylic acids is 1. The summed E-state index contributed by atoms with van der Waals surface area (Å²) in [6.45, 7) is -0.292. The Kier molecular flexibility index (Phi) is 4.28. The van der Waals surface area contributed by atoms with Crippen LogP contribution in [0.15, 0.2) is 42.7 Å². The molecule has 0 saturated heterocycles. The predicted molar refractivity (Wildman–Crippen MR) is 72.7 cm³/mol. The lowest BCUT2D eigenvalue weighted by atomic mass is 9.75. The van der Waals surface area contributed by atoms with Gasteiger partial charge in [-0.05, 0) is 35.7 Å². The SMILES string of the molecule is NCC(Cc1cccnc1)(C(=O)O)c1cc(F)cc(F)c1. The highest BCUT2D eigenvalue weighted by molar-refractivity contribution is 5.82. The number of hydrogen-bond acceptors (Lipinski definition) is 3. The van der Waals surface area contributed by atoms with Crippen LogP contribution >= 0.6 is 0 Å². The lowest BCUT2D eigenvalue weighted by molar-refractivity contribution is -0.143. The maximum atomic E-state index is 13.4. The monoisotopic (exact) mass is 292 g/mol. The topological polar surface area (TPSA) is 76.2 Å². The molecule has 0 aliphatic heterocycles. The molecule has 1 aromatic carbocycles. The summed E-state index contributed by atoms with van der Waals surface area (Å²) in [6.07, 6.45) is 3.05. The van der Waals surface area contributed by atoms with Gasteiger partial charge in [0.2, 0.25) is 0 Å². The summed E-state index contributed by atoms with van der Waals surface area (Å²) in [5, 5.41) is 9.57. The molecule has 2 aromatic rings. The Morgan fingerprint density at radius 3 is 2.43 bits per heavy atom. The van der Waals surface area contributed by atoms with Crippen LogP contribution in [0.1, 0.15) is 11.1 Å². The second-order valence-electron chi connectivity index (χ2n) is 4.79. The van der Waals surface area contributed by atoms with Gasteiger partial charge in [0.1, 0.15) is 17.0 Å². The molecule has 2 rings (SSSR count). The molecule has 1 atom stereocenters. The molecule has 1 aromatic heterocycles. The van der Waals surface area contributed by atoms with Gasteiger partial charge in [0.15, 0.2) is 0 Å². The van der Waals surface area contributed by atoms with E-state index in [9.17, 15) is 18.7 Å². The number of pyridine rings is 1. The fraction of sp³-hybridized carbons (Fsp3) is 0.200. The number of aromatic nitrogens is 1. The first-order chi connectivity index (χ1) is 9.98. The van der Waals surface area contributed by atoms with Gasteiger partial charge in [-0.1, -0.05) is 6.07 Å². The Labute approximate surface area is 120 Å². The van der Waals surface area contributed by atoms with E-state index in [1.807, 2.05) is 0 Å². The number of carboxylic acid groups (broad SMARTS) is 1. The van der Waals surface area contributed by atoms with Gasteiger partial charge in [-0.15, -0.1) is 0 Å². The van der Waals surface area contributed by atoms with E-state index in [-0.39, 0.29) is 18.5 Å². The van der Waals surface area contributed by atoms with Crippen LogP contribution in [0.5, 0.6) is 0 Å². The zero-order valence-electron chi connectivity index (χ0n) is 11.1. The molecular weight excluding hydrogens is 278 g/mol. The van der Waals surface area contributed by atoms with E-state index in [0.717, 1.165) is 12.1 Å². The third-order valence-corrected chi connectivity index (χ3v) is 3.40. The summed E-state index contributed by atoms with van der Waals surface area (Å²) in [5.74, 6) is -2.91. The van der Waals surface area contributed by atoms with Gasteiger partial charge < -0.3 is 10.8 Å². The Balaban J connectivity index is 2.53. The molecule has 4 nitrogen and oxygen atoms in total. The molecule has 0 spiro atoms. The molecule has 0 fully saturated rings. The van der Waals surface area contributed by atoms with E-state index in [0.29, 0.717) is 11.6 Å². The lowest BCUT2D eigenvalue weighted by Gasteiger charge is -2.28. The number of carbonyl (C=O) groups is 1. The van der Waals surface area contributed by atoms with Crippen LogP contribution in [-0.2, 0) is 16.6 Å². The van der Waals surface area contributed by atoms with Gasteiger partial charge >= 0.3 is 5.97 Å². The van der Waals surface area contributed by atoms with Crippen molar-refractivity contribution in [3.8, 4) is 0 Å². The van der Waals surface area contributed by atoms with Gasteiger partial charge in [-0.3, -0.25) is 9.78 Å². The van der Waals surface area contributed by atoms with Crippen LogP contribution in [0.25, 0.3) is 0 Å². The van der Waals surface area contributed by atoms with E-state index >= 15 is 0 Å². The van der Waals surface area contributed by atoms with Gasteiger partial charge in [0.05, 0.1) is 0 Å². The van der Waals surface area contributed by atoms with E-state index in [1.165, 1.54) is 6.20 Å². The zero-order valence-corrected chi connectivity index (χ0v) is 11.1. The molecule has 0 radical (unpaired) electrons. The largest absolute Gasteiger partial charge is 0.481 e. The number of nitrogens with two attached hydrogens (primary N) is 1. The molecule has 3 N–H and O–H groups in total. The second-order valence-corrected chi connectivity index (χ2v) is 4.79. The van der Waals surface area contributed by atoms with Crippen LogP contribution in [0.4, 0.5) is 8.78 Å². The van der Waals surface area contributed by atoms with Crippen molar-refractivity contribution in [3.63, 3.8) is 0 Å². The lowest BCUT2D eigenvalue weighted by Crippen LogP contribution is -2.45. The third kappa shape index (κ3) is 3.05. The average molecular weight is 292 g/mol. The minimum atomic E-state index is -1.61. The Morgan fingerprint density at radius 1 is 1.29 bits per heavy atom. The van der Waals surface area contributed by atoms with Gasteiger partial charge in [-0.2, -0.15) is 0 Å². The number of benzene rings is 1. The zero-order chi connectivity index (χ0) is 15.5. The van der Waals surface area contributed by atoms with Gasteiger partial charge in [-0.25, -0.2) is 8.78 Å². The molecule has 0 amide bonds. The molecule has 1 heterocycles. The first kappa shape index (κ1) is 15.1. The van der Waals surface area contributed by atoms with Crippen LogP contribution in [-0.4, -0.2) is 22.6 Å². The summed E-state index contributed by atoms with van der Waals surface area (Å²) in [5.41, 5.74) is 4.66. The molecule has 0 aliphatic rings. The third-order valence-electron chi connectivity index (χ3n) is 3.40. The highest BCUT2D eigenvalue weighted by atomic mass is 19.1. The normalized spacial score (nSPS) is 13.7. The number of nitrogens with zero attached hydrogens (tertiary/aromatic N) is 1. The van der Waals surface area contributed by atoms with Crippen molar-refractivity contribution in [2.75, 3.05) is 6.54 Å². The van der Waals surface area contributed by atoms with Gasteiger partial charge in [0.25, 0.3) is 0 Å². The van der Waals surface area contributed by atoms with Crippen LogP contribution in [0.3, 0.4) is 0 Å². The van der Waals surface area contributed by atoms with Crippen LogP contribution in [0, 0.1) is 11.6 Å². The minimum Gasteiger partial charge on any atom is -0.481 e. The smallest absolute Gasteiger partial charge is 0.315 e. The summed E-state index contributed by atoms with van der Waals surface area (Å²) in [6, 6.07) is 6.04. The van der Waals surface area contributed by atoms with Crippen molar-refractivity contribution >= 4 is 5.97 Å².